The third kappa shape index (κ3) is 2.24. The lowest BCUT2D eigenvalue weighted by Crippen LogP contribution is -2.11. The van der Waals surface area contributed by atoms with Crippen LogP contribution in [0.3, 0.4) is 0 Å². The number of nitro groups is 1. The summed E-state index contributed by atoms with van der Waals surface area (Å²) < 4.78 is 0. The van der Waals surface area contributed by atoms with Crippen LogP contribution in [0.15, 0.2) is 30.6 Å². The van der Waals surface area contributed by atoms with Gasteiger partial charge in [-0.3, -0.25) is 19.9 Å². The van der Waals surface area contributed by atoms with Gasteiger partial charge in [-0.2, -0.15) is 0 Å². The molecular weight excluding hydrogens is 248 g/mol. The monoisotopic (exact) mass is 260 g/mol. The van der Waals surface area contributed by atoms with Crippen LogP contribution >= 0.6 is 0 Å². The molecule has 2 rings (SSSR count). The van der Waals surface area contributed by atoms with Gasteiger partial charge in [-0.25, -0.2) is 0 Å². The fourth-order valence-corrected chi connectivity index (χ4v) is 2.19. The number of carboxylic acid groups (broad SMARTS) is 1. The summed E-state index contributed by atoms with van der Waals surface area (Å²) in [6, 6.07) is 4.39. The van der Waals surface area contributed by atoms with Gasteiger partial charge in [0, 0.05) is 23.8 Å². The molecule has 0 radical (unpaired) electrons. The van der Waals surface area contributed by atoms with E-state index in [4.69, 9.17) is 0 Å². The van der Waals surface area contributed by atoms with Crippen molar-refractivity contribution in [2.75, 3.05) is 0 Å². The number of benzene rings is 1. The number of hydrogen-bond donors (Lipinski definition) is 1. The number of non-ortho nitro benzene ring substituents is 1. The second-order valence-electron chi connectivity index (χ2n) is 4.15. The Bertz CT molecular complexity index is 654. The van der Waals surface area contributed by atoms with Gasteiger partial charge in [0.1, 0.15) is 0 Å². The number of aromatic nitrogens is 1. The van der Waals surface area contributed by atoms with E-state index in [0.29, 0.717) is 22.8 Å². The van der Waals surface area contributed by atoms with Crippen molar-refractivity contribution >= 4 is 22.4 Å². The molecular formula is C13H12N2O4. The first-order valence-corrected chi connectivity index (χ1v) is 5.80. The molecule has 1 aromatic heterocycles. The van der Waals surface area contributed by atoms with Crippen LogP contribution < -0.4 is 0 Å². The predicted molar refractivity (Wildman–Crippen MR) is 69.1 cm³/mol. The van der Waals surface area contributed by atoms with E-state index in [1.165, 1.54) is 30.6 Å². The molecule has 1 atom stereocenters. The van der Waals surface area contributed by atoms with E-state index in [9.17, 15) is 20.0 Å². The molecule has 0 spiro atoms. The summed E-state index contributed by atoms with van der Waals surface area (Å²) in [7, 11) is 0. The van der Waals surface area contributed by atoms with Crippen LogP contribution in [0, 0.1) is 10.1 Å². The van der Waals surface area contributed by atoms with Crippen molar-refractivity contribution in [2.45, 2.75) is 19.3 Å². The zero-order valence-corrected chi connectivity index (χ0v) is 10.2. The molecule has 0 aliphatic rings. The Hall–Kier alpha value is -2.50. The molecule has 6 heteroatoms. The number of rotatable bonds is 4. The Labute approximate surface area is 108 Å². The van der Waals surface area contributed by atoms with E-state index in [1.54, 1.807) is 6.92 Å². The van der Waals surface area contributed by atoms with Crippen molar-refractivity contribution in [2.24, 2.45) is 0 Å². The number of aliphatic carboxylic acids is 1. The maximum absolute atomic E-state index is 11.2. The van der Waals surface area contributed by atoms with Gasteiger partial charge in [0.05, 0.1) is 16.2 Å². The van der Waals surface area contributed by atoms with Crippen LogP contribution in [0.4, 0.5) is 5.69 Å². The Morgan fingerprint density at radius 1 is 1.42 bits per heavy atom. The highest BCUT2D eigenvalue weighted by Crippen LogP contribution is 2.33. The van der Waals surface area contributed by atoms with Crippen molar-refractivity contribution in [1.82, 2.24) is 4.98 Å². The number of hydrogen-bond acceptors (Lipinski definition) is 4. The van der Waals surface area contributed by atoms with Gasteiger partial charge in [0.25, 0.3) is 5.69 Å². The van der Waals surface area contributed by atoms with Gasteiger partial charge in [0.15, 0.2) is 0 Å². The number of nitrogens with zero attached hydrogens (tertiary/aromatic N) is 2. The highest BCUT2D eigenvalue weighted by atomic mass is 16.6. The third-order valence-corrected chi connectivity index (χ3v) is 3.11. The standard InChI is InChI=1S/C13H12N2O4/c1-2-8(13(16)17)9-3-4-12(15(18)19)10-5-6-14-7-11(9)10/h3-8H,2H2,1H3,(H,16,17). The smallest absolute Gasteiger partial charge is 0.310 e. The van der Waals surface area contributed by atoms with Gasteiger partial charge in [-0.1, -0.05) is 13.0 Å². The number of pyridine rings is 1. The average molecular weight is 260 g/mol. The normalized spacial score (nSPS) is 12.3. The molecule has 0 saturated carbocycles. The van der Waals surface area contributed by atoms with E-state index < -0.39 is 16.8 Å². The van der Waals surface area contributed by atoms with Gasteiger partial charge < -0.3 is 5.11 Å². The number of carboxylic acids is 1. The first-order valence-electron chi connectivity index (χ1n) is 5.80. The molecule has 0 aliphatic carbocycles. The highest BCUT2D eigenvalue weighted by molar-refractivity contribution is 5.95. The lowest BCUT2D eigenvalue weighted by atomic mass is 9.92. The number of nitro benzene ring substituents is 1. The summed E-state index contributed by atoms with van der Waals surface area (Å²) in [5.74, 6) is -1.63. The Balaban J connectivity index is 2.75. The fraction of sp³-hybridized carbons (Fsp3) is 0.231. The zero-order valence-electron chi connectivity index (χ0n) is 10.2. The van der Waals surface area contributed by atoms with Gasteiger partial charge >= 0.3 is 5.97 Å². The zero-order chi connectivity index (χ0) is 14.0. The summed E-state index contributed by atoms with van der Waals surface area (Å²) in [6.45, 7) is 1.77. The molecule has 1 N–H and O–H groups in total. The van der Waals surface area contributed by atoms with E-state index in [2.05, 4.69) is 4.98 Å². The second-order valence-corrected chi connectivity index (χ2v) is 4.15. The lowest BCUT2D eigenvalue weighted by Gasteiger charge is -2.13. The minimum Gasteiger partial charge on any atom is -0.481 e. The molecule has 1 heterocycles. The number of fused-ring (bicyclic) bond motifs is 1. The molecule has 0 saturated heterocycles. The van der Waals surface area contributed by atoms with Crippen LogP contribution in [-0.2, 0) is 4.79 Å². The molecule has 0 bridgehead atoms. The van der Waals surface area contributed by atoms with Crippen LogP contribution in [-0.4, -0.2) is 21.0 Å². The first-order chi connectivity index (χ1) is 9.06. The van der Waals surface area contributed by atoms with E-state index in [0.717, 1.165) is 0 Å². The van der Waals surface area contributed by atoms with E-state index in [1.807, 2.05) is 0 Å². The SMILES string of the molecule is CCC(C(=O)O)c1ccc([N+](=O)[O-])c2ccncc12. The predicted octanol–water partition coefficient (Wildman–Crippen LogP) is 2.72. The topological polar surface area (TPSA) is 93.3 Å². The second kappa shape index (κ2) is 5.01. The van der Waals surface area contributed by atoms with E-state index in [-0.39, 0.29) is 5.69 Å². The van der Waals surface area contributed by atoms with Crippen LogP contribution in [0.1, 0.15) is 24.8 Å². The number of carbonyl (C=O) groups is 1. The van der Waals surface area contributed by atoms with Crippen molar-refractivity contribution in [3.8, 4) is 0 Å². The minimum atomic E-state index is -0.943. The van der Waals surface area contributed by atoms with Crippen LogP contribution in [0.2, 0.25) is 0 Å². The molecule has 6 nitrogen and oxygen atoms in total. The Kier molecular flexibility index (Phi) is 3.41. The minimum absolute atomic E-state index is 0.0404. The molecule has 98 valence electrons. The molecule has 0 fully saturated rings. The van der Waals surface area contributed by atoms with Crippen molar-refractivity contribution in [3.63, 3.8) is 0 Å². The molecule has 1 unspecified atom stereocenters. The van der Waals surface area contributed by atoms with Gasteiger partial charge in [0.2, 0.25) is 0 Å². The summed E-state index contributed by atoms with van der Waals surface area (Å²) in [6.07, 6.45) is 3.35. The van der Waals surface area contributed by atoms with Crippen molar-refractivity contribution < 1.29 is 14.8 Å². The van der Waals surface area contributed by atoms with Crippen molar-refractivity contribution in [1.29, 1.82) is 0 Å². The molecule has 1 aromatic carbocycles. The molecule has 0 aliphatic heterocycles. The van der Waals surface area contributed by atoms with Crippen molar-refractivity contribution in [3.05, 3.63) is 46.3 Å². The summed E-state index contributed by atoms with van der Waals surface area (Å²) in [4.78, 5) is 25.7. The van der Waals surface area contributed by atoms with E-state index >= 15 is 0 Å². The van der Waals surface area contributed by atoms with Crippen LogP contribution in [0.5, 0.6) is 0 Å². The molecule has 19 heavy (non-hydrogen) atoms. The largest absolute Gasteiger partial charge is 0.481 e. The fourth-order valence-electron chi connectivity index (χ4n) is 2.19. The average Bonchev–Trinajstić information content (AvgIpc) is 2.39. The summed E-state index contributed by atoms with van der Waals surface area (Å²) in [5, 5.41) is 21.1. The molecule has 2 aromatic rings. The Morgan fingerprint density at radius 2 is 2.16 bits per heavy atom. The maximum atomic E-state index is 11.2. The molecule has 0 amide bonds. The highest BCUT2D eigenvalue weighted by Gasteiger charge is 2.23. The lowest BCUT2D eigenvalue weighted by molar-refractivity contribution is -0.383. The van der Waals surface area contributed by atoms with Crippen LogP contribution in [0.25, 0.3) is 10.8 Å². The van der Waals surface area contributed by atoms with Gasteiger partial charge in [-0.15, -0.1) is 0 Å². The maximum Gasteiger partial charge on any atom is 0.310 e. The summed E-state index contributed by atoms with van der Waals surface area (Å²) >= 11 is 0. The quantitative estimate of drug-likeness (QED) is 0.673. The Morgan fingerprint density at radius 3 is 2.74 bits per heavy atom. The third-order valence-electron chi connectivity index (χ3n) is 3.11. The summed E-state index contributed by atoms with van der Waals surface area (Å²) in [5.41, 5.74) is 0.519. The van der Waals surface area contributed by atoms with Gasteiger partial charge in [-0.05, 0) is 18.1 Å². The first kappa shape index (κ1) is 12.9.